The molecule has 0 saturated carbocycles. The maximum atomic E-state index is 11.3. The summed E-state index contributed by atoms with van der Waals surface area (Å²) in [4.78, 5) is 15.7. The molecule has 0 aliphatic rings. The Bertz CT molecular complexity index is 565. The van der Waals surface area contributed by atoms with Gasteiger partial charge in [-0.1, -0.05) is 23.7 Å². The number of aliphatic carboxylic acids is 1. The average molecular weight is 296 g/mol. The van der Waals surface area contributed by atoms with Crippen molar-refractivity contribution < 1.29 is 9.90 Å². The Kier molecular flexibility index (Phi) is 4.56. The number of hydrogen-bond donors (Lipinski definition) is 1. The number of carbonyl (C=O) groups is 1. The number of carboxylic acids is 1. The quantitative estimate of drug-likeness (QED) is 0.917. The van der Waals surface area contributed by atoms with Gasteiger partial charge >= 0.3 is 5.97 Å². The third-order valence-corrected chi connectivity index (χ3v) is 3.94. The Morgan fingerprint density at radius 3 is 2.58 bits per heavy atom. The van der Waals surface area contributed by atoms with E-state index in [9.17, 15) is 9.90 Å². The molecule has 0 fully saturated rings. The van der Waals surface area contributed by atoms with Gasteiger partial charge < -0.3 is 5.11 Å². The zero-order valence-electron chi connectivity index (χ0n) is 10.5. The summed E-state index contributed by atoms with van der Waals surface area (Å²) in [7, 11) is 0. The molecule has 2 aromatic rings. The molecule has 1 aromatic carbocycles. The standard InChI is InChI=1S/C14H14ClNO2S/c1-9-16-13(8-19-9)7-11(14(17)18)6-10-2-4-12(15)5-3-10/h2-5,8,11H,6-7H2,1H3,(H,17,18). The van der Waals surface area contributed by atoms with Gasteiger partial charge in [-0.3, -0.25) is 4.79 Å². The molecule has 1 unspecified atom stereocenters. The van der Waals surface area contributed by atoms with Gasteiger partial charge in [0.2, 0.25) is 0 Å². The number of thiazole rings is 1. The van der Waals surface area contributed by atoms with E-state index in [2.05, 4.69) is 4.98 Å². The highest BCUT2D eigenvalue weighted by Gasteiger charge is 2.19. The van der Waals surface area contributed by atoms with Crippen LogP contribution in [-0.2, 0) is 17.6 Å². The Morgan fingerprint density at radius 2 is 2.05 bits per heavy atom. The summed E-state index contributed by atoms with van der Waals surface area (Å²) in [5.41, 5.74) is 1.83. The van der Waals surface area contributed by atoms with Gasteiger partial charge in [-0.25, -0.2) is 4.98 Å². The molecule has 3 nitrogen and oxygen atoms in total. The molecular weight excluding hydrogens is 282 g/mol. The molecule has 0 spiro atoms. The number of hydrogen-bond acceptors (Lipinski definition) is 3. The second-order valence-electron chi connectivity index (χ2n) is 4.43. The third kappa shape index (κ3) is 4.04. The second kappa shape index (κ2) is 6.17. The van der Waals surface area contributed by atoms with Crippen LogP contribution in [0.3, 0.4) is 0 Å². The van der Waals surface area contributed by atoms with Crippen LogP contribution >= 0.6 is 22.9 Å². The summed E-state index contributed by atoms with van der Waals surface area (Å²) in [6, 6.07) is 7.29. The Labute approximate surface area is 120 Å². The van der Waals surface area contributed by atoms with Crippen LogP contribution in [0.15, 0.2) is 29.6 Å². The average Bonchev–Trinajstić information content (AvgIpc) is 2.76. The fourth-order valence-electron chi connectivity index (χ4n) is 1.91. The third-order valence-electron chi connectivity index (χ3n) is 2.87. The lowest BCUT2D eigenvalue weighted by Gasteiger charge is -2.11. The molecule has 1 atom stereocenters. The lowest BCUT2D eigenvalue weighted by atomic mass is 9.95. The summed E-state index contributed by atoms with van der Waals surface area (Å²) in [6.45, 7) is 1.92. The minimum Gasteiger partial charge on any atom is -0.481 e. The van der Waals surface area contributed by atoms with Crippen molar-refractivity contribution in [3.05, 3.63) is 50.9 Å². The molecule has 1 N–H and O–H groups in total. The number of halogens is 1. The molecule has 0 bridgehead atoms. The summed E-state index contributed by atoms with van der Waals surface area (Å²) in [5, 5.41) is 12.9. The number of nitrogens with zero attached hydrogens (tertiary/aromatic N) is 1. The molecule has 2 rings (SSSR count). The molecule has 1 heterocycles. The summed E-state index contributed by atoms with van der Waals surface area (Å²) < 4.78 is 0. The van der Waals surface area contributed by atoms with Crippen LogP contribution in [0.4, 0.5) is 0 Å². The molecule has 0 aliphatic heterocycles. The minimum absolute atomic E-state index is 0.456. The molecule has 0 amide bonds. The van der Waals surface area contributed by atoms with Crippen LogP contribution in [-0.4, -0.2) is 16.1 Å². The summed E-state index contributed by atoms with van der Waals surface area (Å²) in [5.74, 6) is -1.25. The van der Waals surface area contributed by atoms with Crippen molar-refractivity contribution in [3.8, 4) is 0 Å². The SMILES string of the molecule is Cc1nc(CC(Cc2ccc(Cl)cc2)C(=O)O)cs1. The predicted octanol–water partition coefficient (Wildman–Crippen LogP) is 3.59. The van der Waals surface area contributed by atoms with E-state index in [0.717, 1.165) is 16.3 Å². The topological polar surface area (TPSA) is 50.2 Å². The molecular formula is C14H14ClNO2S. The highest BCUT2D eigenvalue weighted by Crippen LogP contribution is 2.18. The van der Waals surface area contributed by atoms with E-state index >= 15 is 0 Å². The van der Waals surface area contributed by atoms with Crippen molar-refractivity contribution in [2.24, 2.45) is 5.92 Å². The van der Waals surface area contributed by atoms with Crippen molar-refractivity contribution in [1.82, 2.24) is 4.98 Å². The highest BCUT2D eigenvalue weighted by molar-refractivity contribution is 7.09. The van der Waals surface area contributed by atoms with Crippen molar-refractivity contribution >= 4 is 28.9 Å². The van der Waals surface area contributed by atoms with E-state index in [1.54, 1.807) is 23.5 Å². The maximum Gasteiger partial charge on any atom is 0.307 e. The van der Waals surface area contributed by atoms with Crippen LogP contribution in [0, 0.1) is 12.8 Å². The van der Waals surface area contributed by atoms with E-state index in [1.165, 1.54) is 0 Å². The number of carboxylic acid groups (broad SMARTS) is 1. The monoisotopic (exact) mass is 295 g/mol. The molecule has 1 aromatic heterocycles. The smallest absolute Gasteiger partial charge is 0.307 e. The lowest BCUT2D eigenvalue weighted by molar-refractivity contribution is -0.141. The van der Waals surface area contributed by atoms with E-state index in [0.29, 0.717) is 17.9 Å². The van der Waals surface area contributed by atoms with E-state index < -0.39 is 11.9 Å². The Hall–Kier alpha value is -1.39. The Balaban J connectivity index is 2.08. The number of aryl methyl sites for hydroxylation is 1. The molecule has 0 aliphatic carbocycles. The minimum atomic E-state index is -0.791. The van der Waals surface area contributed by atoms with Crippen LogP contribution in [0.25, 0.3) is 0 Å². The van der Waals surface area contributed by atoms with Crippen molar-refractivity contribution in [3.63, 3.8) is 0 Å². The predicted molar refractivity (Wildman–Crippen MR) is 76.8 cm³/mol. The second-order valence-corrected chi connectivity index (χ2v) is 5.93. The molecule has 5 heteroatoms. The molecule has 0 radical (unpaired) electrons. The van der Waals surface area contributed by atoms with Gasteiger partial charge in [0.05, 0.1) is 16.6 Å². The molecule has 19 heavy (non-hydrogen) atoms. The van der Waals surface area contributed by atoms with Crippen LogP contribution in [0.1, 0.15) is 16.3 Å². The van der Waals surface area contributed by atoms with E-state index in [4.69, 9.17) is 11.6 Å². The van der Waals surface area contributed by atoms with Gasteiger partial charge in [0.1, 0.15) is 0 Å². The fourth-order valence-corrected chi connectivity index (χ4v) is 2.66. The van der Waals surface area contributed by atoms with Crippen molar-refractivity contribution in [1.29, 1.82) is 0 Å². The van der Waals surface area contributed by atoms with Crippen molar-refractivity contribution in [2.45, 2.75) is 19.8 Å². The maximum absolute atomic E-state index is 11.3. The van der Waals surface area contributed by atoms with Gasteiger partial charge in [0.15, 0.2) is 0 Å². The number of aromatic nitrogens is 1. The number of rotatable bonds is 5. The first-order valence-electron chi connectivity index (χ1n) is 5.93. The largest absolute Gasteiger partial charge is 0.481 e. The summed E-state index contributed by atoms with van der Waals surface area (Å²) >= 11 is 7.36. The first-order valence-corrected chi connectivity index (χ1v) is 7.18. The van der Waals surface area contributed by atoms with Gasteiger partial charge in [-0.15, -0.1) is 11.3 Å². The van der Waals surface area contributed by atoms with Gasteiger partial charge in [-0.05, 0) is 31.0 Å². The highest BCUT2D eigenvalue weighted by atomic mass is 35.5. The lowest BCUT2D eigenvalue weighted by Crippen LogP contribution is -2.19. The van der Waals surface area contributed by atoms with Crippen molar-refractivity contribution in [2.75, 3.05) is 0 Å². The van der Waals surface area contributed by atoms with Gasteiger partial charge in [0.25, 0.3) is 0 Å². The Morgan fingerprint density at radius 1 is 1.37 bits per heavy atom. The van der Waals surface area contributed by atoms with Crippen LogP contribution < -0.4 is 0 Å². The van der Waals surface area contributed by atoms with E-state index in [1.807, 2.05) is 24.4 Å². The normalized spacial score (nSPS) is 12.3. The van der Waals surface area contributed by atoms with Gasteiger partial charge in [-0.2, -0.15) is 0 Å². The van der Waals surface area contributed by atoms with E-state index in [-0.39, 0.29) is 0 Å². The zero-order valence-corrected chi connectivity index (χ0v) is 12.0. The zero-order chi connectivity index (χ0) is 13.8. The summed E-state index contributed by atoms with van der Waals surface area (Å²) in [6.07, 6.45) is 0.950. The number of benzene rings is 1. The molecule has 0 saturated heterocycles. The van der Waals surface area contributed by atoms with Crippen LogP contribution in [0.2, 0.25) is 5.02 Å². The first-order chi connectivity index (χ1) is 9.04. The fraction of sp³-hybridized carbons (Fsp3) is 0.286. The first kappa shape index (κ1) is 14.0. The molecule has 100 valence electrons. The van der Waals surface area contributed by atoms with Gasteiger partial charge in [0, 0.05) is 16.8 Å². The van der Waals surface area contributed by atoms with Crippen LogP contribution in [0.5, 0.6) is 0 Å².